The van der Waals surface area contributed by atoms with Crippen molar-refractivity contribution in [1.29, 1.82) is 0 Å². The Morgan fingerprint density at radius 3 is 2.76 bits per heavy atom. The average molecular weight is 346 g/mol. The molecule has 0 saturated carbocycles. The summed E-state index contributed by atoms with van der Waals surface area (Å²) in [5, 5.41) is 0. The van der Waals surface area contributed by atoms with Gasteiger partial charge < -0.3 is 5.73 Å². The van der Waals surface area contributed by atoms with E-state index in [1.165, 1.54) is 6.42 Å². The molecule has 8 heteroatoms. The fourth-order valence-corrected chi connectivity index (χ4v) is 6.13. The summed E-state index contributed by atoms with van der Waals surface area (Å²) in [4.78, 5) is 3.32. The molecule has 1 aromatic rings. The van der Waals surface area contributed by atoms with Crippen molar-refractivity contribution in [1.82, 2.24) is 9.21 Å². The maximum absolute atomic E-state index is 12.8. The Kier molecular flexibility index (Phi) is 4.33. The van der Waals surface area contributed by atoms with Gasteiger partial charge in [0, 0.05) is 19.1 Å². The van der Waals surface area contributed by atoms with Gasteiger partial charge in [-0.2, -0.15) is 4.31 Å². The van der Waals surface area contributed by atoms with Crippen LogP contribution < -0.4 is 5.73 Å². The molecule has 2 aliphatic rings. The minimum Gasteiger partial charge on any atom is -0.389 e. The van der Waals surface area contributed by atoms with Crippen LogP contribution in [0, 0.1) is 0 Å². The zero-order valence-corrected chi connectivity index (χ0v) is 14.1. The van der Waals surface area contributed by atoms with Crippen molar-refractivity contribution >= 4 is 38.6 Å². The van der Waals surface area contributed by atoms with Gasteiger partial charge >= 0.3 is 0 Å². The molecule has 2 fully saturated rings. The van der Waals surface area contributed by atoms with Crippen molar-refractivity contribution in [2.24, 2.45) is 5.73 Å². The van der Waals surface area contributed by atoms with Crippen LogP contribution in [0.3, 0.4) is 0 Å². The molecular weight excluding hydrogens is 326 g/mol. The first-order valence-electron chi connectivity index (χ1n) is 7.12. The van der Waals surface area contributed by atoms with E-state index in [0.717, 1.165) is 37.3 Å². The predicted molar refractivity (Wildman–Crippen MR) is 88.2 cm³/mol. The SMILES string of the molecule is NC(=S)c1ccc(S(=O)(=O)N2CCCN3CCCC3C2)s1. The fourth-order valence-electron chi connectivity index (χ4n) is 3.11. The summed E-state index contributed by atoms with van der Waals surface area (Å²) in [6.07, 6.45) is 3.15. The highest BCUT2D eigenvalue weighted by Gasteiger charge is 2.34. The number of thiophene rings is 1. The third kappa shape index (κ3) is 3.00. The van der Waals surface area contributed by atoms with Gasteiger partial charge in [-0.05, 0) is 44.5 Å². The Morgan fingerprint density at radius 2 is 2.05 bits per heavy atom. The fraction of sp³-hybridized carbons (Fsp3) is 0.615. The summed E-state index contributed by atoms with van der Waals surface area (Å²) in [6, 6.07) is 3.68. The largest absolute Gasteiger partial charge is 0.389 e. The maximum Gasteiger partial charge on any atom is 0.252 e. The lowest BCUT2D eigenvalue weighted by atomic mass is 10.2. The molecule has 0 amide bonds. The molecular formula is C13H19N3O2S3. The molecule has 2 aliphatic heterocycles. The Hall–Kier alpha value is -0.540. The Bertz CT molecular complexity index is 641. The van der Waals surface area contributed by atoms with Gasteiger partial charge in [-0.1, -0.05) is 12.2 Å². The van der Waals surface area contributed by atoms with Crippen LogP contribution in [0.2, 0.25) is 0 Å². The minimum atomic E-state index is -3.43. The van der Waals surface area contributed by atoms with Crippen molar-refractivity contribution in [3.8, 4) is 0 Å². The van der Waals surface area contributed by atoms with Crippen LogP contribution in [0.4, 0.5) is 0 Å². The molecule has 2 saturated heterocycles. The highest BCUT2D eigenvalue weighted by molar-refractivity contribution is 7.91. The minimum absolute atomic E-state index is 0.249. The van der Waals surface area contributed by atoms with Gasteiger partial charge in [0.1, 0.15) is 9.20 Å². The van der Waals surface area contributed by atoms with E-state index in [1.54, 1.807) is 16.4 Å². The molecule has 0 spiro atoms. The molecule has 3 heterocycles. The van der Waals surface area contributed by atoms with E-state index < -0.39 is 10.0 Å². The molecule has 116 valence electrons. The highest BCUT2D eigenvalue weighted by atomic mass is 32.2. The third-order valence-corrected chi connectivity index (χ3v) is 7.98. The first-order valence-corrected chi connectivity index (χ1v) is 9.79. The van der Waals surface area contributed by atoms with Gasteiger partial charge in [0.25, 0.3) is 10.0 Å². The summed E-state index contributed by atoms with van der Waals surface area (Å²) < 4.78 is 27.6. The van der Waals surface area contributed by atoms with Crippen molar-refractivity contribution in [3.63, 3.8) is 0 Å². The quantitative estimate of drug-likeness (QED) is 0.835. The zero-order chi connectivity index (χ0) is 15.0. The predicted octanol–water partition coefficient (Wildman–Crippen LogP) is 1.24. The van der Waals surface area contributed by atoms with E-state index in [9.17, 15) is 8.42 Å². The monoisotopic (exact) mass is 345 g/mol. The van der Waals surface area contributed by atoms with Gasteiger partial charge in [0.15, 0.2) is 0 Å². The number of nitrogens with two attached hydrogens (primary N) is 1. The maximum atomic E-state index is 12.8. The number of rotatable bonds is 3. The molecule has 1 atom stereocenters. The molecule has 21 heavy (non-hydrogen) atoms. The molecule has 0 aromatic carbocycles. The third-order valence-electron chi connectivity index (χ3n) is 4.18. The van der Waals surface area contributed by atoms with Crippen LogP contribution in [0.15, 0.2) is 16.3 Å². The van der Waals surface area contributed by atoms with E-state index in [1.807, 2.05) is 0 Å². The lowest BCUT2D eigenvalue weighted by molar-refractivity contribution is 0.257. The first kappa shape index (κ1) is 15.4. The molecule has 3 rings (SSSR count). The summed E-state index contributed by atoms with van der Waals surface area (Å²) in [5.41, 5.74) is 5.57. The standard InChI is InChI=1S/C13H19N3O2S3/c14-13(19)11-4-5-12(20-11)21(17,18)16-8-2-7-15-6-1-3-10(15)9-16/h4-5,10H,1-3,6-9H2,(H2,14,19). The Labute approximate surface area is 134 Å². The smallest absolute Gasteiger partial charge is 0.252 e. The molecule has 0 bridgehead atoms. The molecule has 0 aliphatic carbocycles. The normalized spacial score (nSPS) is 24.7. The molecule has 0 radical (unpaired) electrons. The zero-order valence-electron chi connectivity index (χ0n) is 11.7. The van der Waals surface area contributed by atoms with Crippen LogP contribution in [-0.2, 0) is 10.0 Å². The summed E-state index contributed by atoms with van der Waals surface area (Å²) in [7, 11) is -3.43. The van der Waals surface area contributed by atoms with Gasteiger partial charge in [-0.25, -0.2) is 8.42 Å². The van der Waals surface area contributed by atoms with Crippen molar-refractivity contribution in [3.05, 3.63) is 17.0 Å². The van der Waals surface area contributed by atoms with Crippen molar-refractivity contribution in [2.75, 3.05) is 26.2 Å². The number of nitrogens with zero attached hydrogens (tertiary/aromatic N) is 2. The Balaban J connectivity index is 1.84. The Morgan fingerprint density at radius 1 is 1.29 bits per heavy atom. The van der Waals surface area contributed by atoms with Gasteiger partial charge in [0.2, 0.25) is 0 Å². The average Bonchev–Trinajstić information content (AvgIpc) is 3.04. The second kappa shape index (κ2) is 5.92. The van der Waals surface area contributed by atoms with Crippen LogP contribution in [0.25, 0.3) is 0 Å². The van der Waals surface area contributed by atoms with Crippen LogP contribution in [0.5, 0.6) is 0 Å². The number of hydrogen-bond acceptors (Lipinski definition) is 5. The van der Waals surface area contributed by atoms with E-state index >= 15 is 0 Å². The number of fused-ring (bicyclic) bond motifs is 1. The second-order valence-corrected chi connectivity index (χ2v) is 9.22. The summed E-state index contributed by atoms with van der Waals surface area (Å²) >= 11 is 6.07. The molecule has 1 unspecified atom stereocenters. The number of thiocarbonyl (C=S) groups is 1. The molecule has 2 N–H and O–H groups in total. The lowest BCUT2D eigenvalue weighted by Crippen LogP contribution is -2.39. The van der Waals surface area contributed by atoms with E-state index in [0.29, 0.717) is 28.2 Å². The number of sulfonamides is 1. The topological polar surface area (TPSA) is 66.6 Å². The van der Waals surface area contributed by atoms with Gasteiger partial charge in [-0.3, -0.25) is 4.90 Å². The van der Waals surface area contributed by atoms with Gasteiger partial charge in [-0.15, -0.1) is 11.3 Å². The van der Waals surface area contributed by atoms with Crippen molar-refractivity contribution < 1.29 is 8.42 Å². The molecule has 5 nitrogen and oxygen atoms in total. The van der Waals surface area contributed by atoms with Gasteiger partial charge in [0.05, 0.1) is 4.88 Å². The van der Waals surface area contributed by atoms with E-state index in [-0.39, 0.29) is 4.99 Å². The van der Waals surface area contributed by atoms with Crippen LogP contribution >= 0.6 is 23.6 Å². The summed E-state index contributed by atoms with van der Waals surface area (Å²) in [6.45, 7) is 3.29. The second-order valence-electron chi connectivity index (χ2n) is 5.53. The van der Waals surface area contributed by atoms with E-state index in [4.69, 9.17) is 18.0 Å². The first-order chi connectivity index (χ1) is 9.98. The van der Waals surface area contributed by atoms with E-state index in [2.05, 4.69) is 4.90 Å². The van der Waals surface area contributed by atoms with Crippen LogP contribution in [-0.4, -0.2) is 54.8 Å². The highest BCUT2D eigenvalue weighted by Crippen LogP contribution is 2.28. The summed E-state index contributed by atoms with van der Waals surface area (Å²) in [5.74, 6) is 0. The van der Waals surface area contributed by atoms with Crippen molar-refractivity contribution in [2.45, 2.75) is 29.5 Å². The lowest BCUT2D eigenvalue weighted by Gasteiger charge is -2.24. The van der Waals surface area contributed by atoms with Crippen LogP contribution in [0.1, 0.15) is 24.1 Å². The number of hydrogen-bond donors (Lipinski definition) is 1. The molecule has 1 aromatic heterocycles.